The summed E-state index contributed by atoms with van der Waals surface area (Å²) in [6.07, 6.45) is 27.3. The maximum Gasteiger partial charge on any atom is 0.475 e. The van der Waals surface area contributed by atoms with E-state index < -0.39 is 42.3 Å². The smallest absolute Gasteiger partial charge is 0.475 e. The minimum atomic E-state index is -4.23. The monoisotopic (exact) mass is 1720 g/mol. The van der Waals surface area contributed by atoms with Crippen LogP contribution in [-0.2, 0) is 93.6 Å². The number of methoxy groups -OCH3 is 3. The van der Waals surface area contributed by atoms with Gasteiger partial charge in [-0.2, -0.15) is 0 Å². The molecule has 0 amide bonds. The fraction of sp³-hybridized carbons (Fsp3) is 0.714. The van der Waals surface area contributed by atoms with Gasteiger partial charge in [0.15, 0.2) is 0 Å². The number of nitrogens with zero attached hydrogens (tertiary/aromatic N) is 10. The summed E-state index contributed by atoms with van der Waals surface area (Å²) in [4.78, 5) is 8.84. The number of phosphoric acid groups is 2. The van der Waals surface area contributed by atoms with Crippen molar-refractivity contribution in [3.8, 4) is 17.2 Å². The molecule has 34 heteroatoms. The van der Waals surface area contributed by atoms with Gasteiger partial charge in [0.1, 0.15) is 17.2 Å². The van der Waals surface area contributed by atoms with Crippen molar-refractivity contribution in [1.29, 1.82) is 0 Å². The lowest BCUT2D eigenvalue weighted by atomic mass is 10.1. The molecule has 0 bridgehead atoms. The van der Waals surface area contributed by atoms with E-state index in [2.05, 4.69) is 103 Å². The van der Waals surface area contributed by atoms with Gasteiger partial charge in [-0.25, -0.2) is 13.8 Å². The Morgan fingerprint density at radius 2 is 0.729 bits per heavy atom. The third-order valence-electron chi connectivity index (χ3n) is 17.7. The predicted molar refractivity (Wildman–Crippen MR) is 466 cm³/mol. The number of azide groups is 3. The molecule has 0 saturated carbocycles. The van der Waals surface area contributed by atoms with Gasteiger partial charge in [-0.05, 0) is 149 Å². The van der Waals surface area contributed by atoms with Crippen LogP contribution in [0.1, 0.15) is 213 Å². The number of benzene rings is 3. The van der Waals surface area contributed by atoms with Gasteiger partial charge < -0.3 is 61.9 Å². The third kappa shape index (κ3) is 57.7. The van der Waals surface area contributed by atoms with Gasteiger partial charge in [0.2, 0.25) is 0 Å². The van der Waals surface area contributed by atoms with Gasteiger partial charge >= 0.3 is 15.6 Å². The highest BCUT2D eigenvalue weighted by atomic mass is 31.2. The normalized spacial score (nSPS) is 14.1. The fourth-order valence-corrected chi connectivity index (χ4v) is 15.4. The second kappa shape index (κ2) is 75.2. The molecule has 672 valence electrons. The van der Waals surface area contributed by atoms with E-state index in [4.69, 9.17) is 94.6 Å². The molecule has 2 N–H and O–H groups in total. The molecule has 9 atom stereocenters. The average Bonchev–Trinajstić information content (AvgIpc) is 0.855. The summed E-state index contributed by atoms with van der Waals surface area (Å²) in [6.45, 7) is 28.2. The van der Waals surface area contributed by atoms with Crippen LogP contribution in [0.15, 0.2) is 126 Å². The molecule has 0 saturated heterocycles. The highest BCUT2D eigenvalue weighted by Gasteiger charge is 2.32. The second-order valence-electron chi connectivity index (χ2n) is 28.3. The van der Waals surface area contributed by atoms with Crippen molar-refractivity contribution < 1.29 is 98.2 Å². The van der Waals surface area contributed by atoms with Crippen LogP contribution in [0.5, 0.6) is 17.2 Å². The van der Waals surface area contributed by atoms with Crippen molar-refractivity contribution in [1.82, 2.24) is 4.67 Å². The molecule has 31 nitrogen and oxygen atoms in total. The van der Waals surface area contributed by atoms with Crippen LogP contribution in [0.2, 0.25) is 0 Å². The minimum absolute atomic E-state index is 0.0194. The molecule has 6 unspecified atom stereocenters. The average molecular weight is 1720 g/mol. The number of hydrogen-bond acceptors (Lipinski definition) is 25. The van der Waals surface area contributed by atoms with Crippen LogP contribution < -0.4 is 14.2 Å². The predicted octanol–water partition coefficient (Wildman–Crippen LogP) is 22.1. The first kappa shape index (κ1) is 110. The zero-order valence-corrected chi connectivity index (χ0v) is 75.2. The molecule has 0 aliphatic rings. The summed E-state index contributed by atoms with van der Waals surface area (Å²) >= 11 is 0. The Morgan fingerprint density at radius 3 is 1.01 bits per heavy atom. The molecular weight excluding hydrogens is 1580 g/mol. The third-order valence-corrected chi connectivity index (χ3v) is 22.6. The molecule has 3 aromatic rings. The first-order valence-corrected chi connectivity index (χ1v) is 46.0. The largest absolute Gasteiger partial charge is 0.497 e. The van der Waals surface area contributed by atoms with Gasteiger partial charge in [-0.15, -0.1) is 19.7 Å². The minimum Gasteiger partial charge on any atom is -0.497 e. The highest BCUT2D eigenvalue weighted by Crippen LogP contribution is 2.52. The summed E-state index contributed by atoms with van der Waals surface area (Å²) in [5.41, 5.74) is 30.9. The lowest BCUT2D eigenvalue weighted by Crippen LogP contribution is -2.34. The maximum atomic E-state index is 13.6. The molecule has 0 heterocycles. The fourth-order valence-electron chi connectivity index (χ4n) is 11.3. The van der Waals surface area contributed by atoms with Crippen LogP contribution in [0.4, 0.5) is 0 Å². The van der Waals surface area contributed by atoms with Crippen molar-refractivity contribution in [2.45, 2.75) is 264 Å². The number of hydrogen-bond donors (Lipinski definition) is 2. The van der Waals surface area contributed by atoms with E-state index in [0.29, 0.717) is 65.5 Å². The van der Waals surface area contributed by atoms with Crippen molar-refractivity contribution in [3.05, 3.63) is 159 Å². The molecule has 118 heavy (non-hydrogen) atoms. The Hall–Kier alpha value is -5.58. The van der Waals surface area contributed by atoms with Crippen LogP contribution >= 0.6 is 24.2 Å². The van der Waals surface area contributed by atoms with Crippen LogP contribution in [0, 0.1) is 0 Å². The molecule has 0 aliphatic carbocycles. The van der Waals surface area contributed by atoms with Crippen LogP contribution in [0.3, 0.4) is 0 Å². The van der Waals surface area contributed by atoms with E-state index in [1.165, 1.54) is 76.4 Å². The number of phosphoric ester groups is 2. The number of rotatable bonds is 77. The van der Waals surface area contributed by atoms with Crippen LogP contribution in [0.25, 0.3) is 31.3 Å². The van der Waals surface area contributed by atoms with Gasteiger partial charge in [0, 0.05) is 59.9 Å². The Balaban J connectivity index is 0.00000129. The van der Waals surface area contributed by atoms with Crippen molar-refractivity contribution in [2.75, 3.05) is 127 Å². The molecule has 3 rings (SSSR count). The highest BCUT2D eigenvalue weighted by molar-refractivity contribution is 7.48. The first-order valence-electron chi connectivity index (χ1n) is 41.9. The lowest BCUT2D eigenvalue weighted by molar-refractivity contribution is 0.00212. The molecule has 0 radical (unpaired) electrons. The zero-order chi connectivity index (χ0) is 86.8. The summed E-state index contributed by atoms with van der Waals surface area (Å²) < 4.78 is 127. The molecule has 0 aromatic heterocycles. The Morgan fingerprint density at radius 1 is 0.407 bits per heavy atom. The lowest BCUT2D eigenvalue weighted by Gasteiger charge is -2.35. The molecular formula is C84H145N10O21P3. The molecule has 0 aliphatic heterocycles. The van der Waals surface area contributed by atoms with E-state index in [1.807, 2.05) is 72.8 Å². The zero-order valence-electron chi connectivity index (χ0n) is 72.6. The maximum absolute atomic E-state index is 13.6. The van der Waals surface area contributed by atoms with Crippen molar-refractivity contribution in [3.63, 3.8) is 0 Å². The van der Waals surface area contributed by atoms with Gasteiger partial charge in [0.05, 0.1) is 150 Å². The van der Waals surface area contributed by atoms with E-state index in [0.717, 1.165) is 91.7 Å². The molecule has 0 fully saturated rings. The second-order valence-corrected chi connectivity index (χ2v) is 33.1. The van der Waals surface area contributed by atoms with E-state index in [-0.39, 0.29) is 116 Å². The summed E-state index contributed by atoms with van der Waals surface area (Å²) in [6, 6.07) is 21.8. The van der Waals surface area contributed by atoms with E-state index >= 15 is 0 Å². The SMILES string of the molecule is C=CCOP(=O)(OCCCOP(=O)(OCC=C)OCC(COCC[C@@H](CCCCCCC)OCc1ccc(OC)cc1)N=[N+]=[N-])OCC(COCC[C@@H](CCCCCCC)OCc1ccc(OC)cc1)N=[N+]=[N-].C=CCOP(OCC(COCC[C@@H](CCCCCCC)OCc1ccc(OC)cc1)N=[N+]=[N-])N(C(C)C)C(C)C.OCCCO. The molecule has 0 spiro atoms. The topological polar surface area (TPSA) is 381 Å². The van der Waals surface area contributed by atoms with E-state index in [9.17, 15) is 20.2 Å². The first-order chi connectivity index (χ1) is 57.3. The van der Waals surface area contributed by atoms with Gasteiger partial charge in [0.25, 0.3) is 8.53 Å². The Bertz CT molecular complexity index is 3040. The van der Waals surface area contributed by atoms with Crippen molar-refractivity contribution in [2.24, 2.45) is 15.3 Å². The number of unbranched alkanes of at least 4 members (excludes halogenated alkanes) is 12. The van der Waals surface area contributed by atoms with Gasteiger partial charge in [-0.1, -0.05) is 187 Å². The quantitative estimate of drug-likeness (QED) is 0.0132. The summed E-state index contributed by atoms with van der Waals surface area (Å²) in [7, 11) is -4.86. The Labute approximate surface area is 706 Å². The van der Waals surface area contributed by atoms with Crippen molar-refractivity contribution >= 4 is 24.2 Å². The number of aliphatic hydroxyl groups excluding tert-OH is 2. The van der Waals surface area contributed by atoms with Crippen LogP contribution in [-0.4, -0.2) is 190 Å². The molecule has 3 aromatic carbocycles. The van der Waals surface area contributed by atoms with E-state index in [1.54, 1.807) is 27.4 Å². The summed E-state index contributed by atoms with van der Waals surface area (Å²) in [5, 5.41) is 27.3. The summed E-state index contributed by atoms with van der Waals surface area (Å²) in [5.74, 6) is 2.39. The number of aliphatic hydroxyl groups is 2. The van der Waals surface area contributed by atoms with Gasteiger partial charge in [-0.3, -0.25) is 27.1 Å². The standard InChI is InChI=1S/C51H84N6O14P2.C30H53N4O5P.C3H8O2/c1-7-11-13-15-17-20-50(64-38-44-22-26-48(60-5)27-23-44)30-36-62-40-46(54-56-52)42-70-72(58,66-32-9-3)68-34-19-35-69-73(59,67-33-10-4)71-43-47(55-57-53)41-63-37-31-51(21-18-16-14-12-8-2)65-39-45-24-28-49(61-6)29-25-45;1-8-10-11-12-13-14-30(37-22-27-15-17-29(35-7)18-16-27)19-21-36-23-28(32-33-31)24-39-40(38-20-9-2)34(25(3)4)26(5)6;4-2-1-3-5/h9-10,22-29,46-47,50-51H,3-4,7-8,11-21,30-43H2,1-2,5-6H3;9,15-18,25-26,28,30H,2,8,10-14,19-24H2,1,3-7H3;4-5H,1-3H2/t46?,47?,50-,51-,72?,73?;28?,30-,40?;/m11./s1. The Kier molecular flexibility index (Phi) is 70.4. The number of ether oxygens (including phenoxy) is 9.